The molecule has 3 aromatic carbocycles. The summed E-state index contributed by atoms with van der Waals surface area (Å²) in [4.78, 5) is 13.3. The number of fused-ring (bicyclic) bond motifs is 2. The molecule has 3 aromatic rings. The van der Waals surface area contributed by atoms with E-state index in [1.807, 2.05) is 25.1 Å². The summed E-state index contributed by atoms with van der Waals surface area (Å²) in [6, 6.07) is 16.1. The molecule has 0 aromatic heterocycles. The minimum absolute atomic E-state index is 0.00196. The van der Waals surface area contributed by atoms with Crippen molar-refractivity contribution in [3.05, 3.63) is 93.8 Å². The predicted octanol–water partition coefficient (Wildman–Crippen LogP) is 4.16. The van der Waals surface area contributed by atoms with Crippen LogP contribution in [0.2, 0.25) is 0 Å². The fraction of sp³-hybridized carbons (Fsp3) is 0.321. The van der Waals surface area contributed by atoms with E-state index in [9.17, 15) is 14.3 Å². The van der Waals surface area contributed by atoms with Gasteiger partial charge in [-0.3, -0.25) is 4.79 Å². The van der Waals surface area contributed by atoms with Crippen LogP contribution in [0.1, 0.15) is 45.8 Å². The molecule has 34 heavy (non-hydrogen) atoms. The van der Waals surface area contributed by atoms with Crippen molar-refractivity contribution in [2.45, 2.75) is 44.7 Å². The third-order valence-electron chi connectivity index (χ3n) is 6.94. The highest BCUT2D eigenvalue weighted by Crippen LogP contribution is 2.32. The molecule has 2 atom stereocenters. The number of nitrogens with one attached hydrogen (secondary N) is 3. The quantitative estimate of drug-likeness (QED) is 0.473. The first kappa shape index (κ1) is 22.4. The normalized spacial score (nSPS) is 19.4. The van der Waals surface area contributed by atoms with Crippen molar-refractivity contribution >= 4 is 11.6 Å². The molecule has 0 saturated carbocycles. The minimum atomic E-state index is -0.315. The van der Waals surface area contributed by atoms with E-state index in [4.69, 9.17) is 0 Å². The van der Waals surface area contributed by atoms with Gasteiger partial charge in [-0.15, -0.1) is 0 Å². The molecule has 2 unspecified atom stereocenters. The Morgan fingerprint density at radius 2 is 1.88 bits per heavy atom. The zero-order valence-electron chi connectivity index (χ0n) is 19.3. The SMILES string of the molecule is Cc1cc(O)cc2c1CC(C(=O)NC1CCNc3ccc(Cc4ccc(F)cc4)cc31)NCC2. The average Bonchev–Trinajstić information content (AvgIpc) is 3.04. The Morgan fingerprint density at radius 3 is 2.71 bits per heavy atom. The second-order valence-electron chi connectivity index (χ2n) is 9.36. The Morgan fingerprint density at radius 1 is 1.09 bits per heavy atom. The fourth-order valence-electron chi connectivity index (χ4n) is 5.17. The molecule has 5 nitrogen and oxygen atoms in total. The zero-order chi connectivity index (χ0) is 23.7. The van der Waals surface area contributed by atoms with Gasteiger partial charge in [-0.2, -0.15) is 0 Å². The van der Waals surface area contributed by atoms with Crippen LogP contribution in [0.25, 0.3) is 0 Å². The van der Waals surface area contributed by atoms with E-state index in [-0.39, 0.29) is 29.6 Å². The first-order valence-corrected chi connectivity index (χ1v) is 11.9. The number of aryl methyl sites for hydroxylation is 1. The van der Waals surface area contributed by atoms with Crippen LogP contribution in [0.3, 0.4) is 0 Å². The molecule has 0 bridgehead atoms. The number of amides is 1. The van der Waals surface area contributed by atoms with E-state index in [0.29, 0.717) is 19.4 Å². The monoisotopic (exact) mass is 459 g/mol. The molecule has 0 spiro atoms. The average molecular weight is 460 g/mol. The van der Waals surface area contributed by atoms with E-state index >= 15 is 0 Å². The summed E-state index contributed by atoms with van der Waals surface area (Å²) in [5, 5.41) is 20.1. The molecule has 4 N–H and O–H groups in total. The van der Waals surface area contributed by atoms with Gasteiger partial charge in [0.2, 0.25) is 5.91 Å². The van der Waals surface area contributed by atoms with Crippen molar-refractivity contribution in [2.24, 2.45) is 0 Å². The van der Waals surface area contributed by atoms with Crippen molar-refractivity contribution in [1.82, 2.24) is 10.6 Å². The van der Waals surface area contributed by atoms with E-state index in [1.165, 1.54) is 12.1 Å². The van der Waals surface area contributed by atoms with Crippen LogP contribution in [-0.2, 0) is 24.1 Å². The number of carbonyl (C=O) groups excluding carboxylic acids is 1. The summed E-state index contributed by atoms with van der Waals surface area (Å²) in [7, 11) is 0. The van der Waals surface area contributed by atoms with Gasteiger partial charge in [-0.1, -0.05) is 24.3 Å². The largest absolute Gasteiger partial charge is 0.508 e. The fourth-order valence-corrected chi connectivity index (χ4v) is 5.17. The molecule has 6 heteroatoms. The molecule has 5 rings (SSSR count). The van der Waals surface area contributed by atoms with Gasteiger partial charge in [0.15, 0.2) is 0 Å². The Bertz CT molecular complexity index is 1210. The molecule has 176 valence electrons. The summed E-state index contributed by atoms with van der Waals surface area (Å²) in [5.41, 5.74) is 7.60. The second kappa shape index (κ2) is 9.47. The van der Waals surface area contributed by atoms with Crippen LogP contribution in [0.4, 0.5) is 10.1 Å². The number of hydrogen-bond acceptors (Lipinski definition) is 4. The van der Waals surface area contributed by atoms with Gasteiger partial charge in [0.1, 0.15) is 11.6 Å². The Kier molecular flexibility index (Phi) is 6.24. The molecular weight excluding hydrogens is 429 g/mol. The maximum absolute atomic E-state index is 13.3. The van der Waals surface area contributed by atoms with Crippen molar-refractivity contribution in [3.8, 4) is 5.75 Å². The number of anilines is 1. The van der Waals surface area contributed by atoms with E-state index in [2.05, 4.69) is 34.1 Å². The number of phenolic OH excluding ortho intramolecular Hbond substituents is 1. The number of rotatable bonds is 4. The number of halogens is 1. The Labute approximate surface area is 199 Å². The molecule has 0 fully saturated rings. The topological polar surface area (TPSA) is 73.4 Å². The predicted molar refractivity (Wildman–Crippen MR) is 132 cm³/mol. The van der Waals surface area contributed by atoms with Gasteiger partial charge >= 0.3 is 0 Å². The van der Waals surface area contributed by atoms with Crippen LogP contribution in [0.5, 0.6) is 5.75 Å². The van der Waals surface area contributed by atoms with Crippen LogP contribution < -0.4 is 16.0 Å². The summed E-state index contributed by atoms with van der Waals surface area (Å²) in [5.74, 6) is 0.0481. The molecular formula is C28H30FN3O2. The third kappa shape index (κ3) is 4.77. The van der Waals surface area contributed by atoms with Crippen molar-refractivity contribution in [3.63, 3.8) is 0 Å². The van der Waals surface area contributed by atoms with Crippen LogP contribution in [0.15, 0.2) is 54.6 Å². The Balaban J connectivity index is 1.33. The summed E-state index contributed by atoms with van der Waals surface area (Å²) >= 11 is 0. The smallest absolute Gasteiger partial charge is 0.237 e. The standard InChI is InChI=1S/C28H30FN3O2/c1-17-12-22(33)15-20-8-10-31-27(16-23(17)20)28(34)32-26-9-11-30-25-7-4-19(14-24(25)26)13-18-2-5-21(29)6-3-18/h2-7,12,14-15,26-27,30-31,33H,8-11,13,16H2,1H3,(H,32,34). The van der Waals surface area contributed by atoms with Crippen molar-refractivity contribution < 1.29 is 14.3 Å². The second-order valence-corrected chi connectivity index (χ2v) is 9.36. The number of aromatic hydroxyl groups is 1. The van der Waals surface area contributed by atoms with Crippen molar-refractivity contribution in [2.75, 3.05) is 18.4 Å². The summed E-state index contributed by atoms with van der Waals surface area (Å²) in [6.07, 6.45) is 2.92. The molecule has 1 amide bonds. The number of benzene rings is 3. The van der Waals surface area contributed by atoms with Gasteiger partial charge in [0.25, 0.3) is 0 Å². The van der Waals surface area contributed by atoms with E-state index in [0.717, 1.165) is 58.5 Å². The highest BCUT2D eigenvalue weighted by Gasteiger charge is 2.28. The van der Waals surface area contributed by atoms with Crippen LogP contribution in [-0.4, -0.2) is 30.1 Å². The molecule has 2 aliphatic heterocycles. The number of hydrogen-bond donors (Lipinski definition) is 4. The molecule has 2 aliphatic rings. The first-order valence-electron chi connectivity index (χ1n) is 11.9. The first-order chi connectivity index (χ1) is 16.5. The van der Waals surface area contributed by atoms with Gasteiger partial charge < -0.3 is 21.1 Å². The lowest BCUT2D eigenvalue weighted by Crippen LogP contribution is -2.47. The zero-order valence-corrected chi connectivity index (χ0v) is 19.3. The summed E-state index contributed by atoms with van der Waals surface area (Å²) < 4.78 is 13.3. The van der Waals surface area contributed by atoms with E-state index in [1.54, 1.807) is 6.07 Å². The molecule has 0 saturated heterocycles. The number of carbonyl (C=O) groups is 1. The molecule has 0 radical (unpaired) electrons. The minimum Gasteiger partial charge on any atom is -0.508 e. The maximum atomic E-state index is 13.3. The lowest BCUT2D eigenvalue weighted by Gasteiger charge is -2.29. The summed E-state index contributed by atoms with van der Waals surface area (Å²) in [6.45, 7) is 3.48. The highest BCUT2D eigenvalue weighted by molar-refractivity contribution is 5.83. The lowest BCUT2D eigenvalue weighted by atomic mass is 9.92. The Hall–Kier alpha value is -3.38. The van der Waals surface area contributed by atoms with Gasteiger partial charge in [0.05, 0.1) is 12.1 Å². The van der Waals surface area contributed by atoms with E-state index < -0.39 is 0 Å². The maximum Gasteiger partial charge on any atom is 0.237 e. The van der Waals surface area contributed by atoms with Gasteiger partial charge in [-0.05, 0) is 103 Å². The third-order valence-corrected chi connectivity index (χ3v) is 6.94. The molecule has 2 heterocycles. The van der Waals surface area contributed by atoms with Gasteiger partial charge in [0, 0.05) is 12.2 Å². The van der Waals surface area contributed by atoms with Gasteiger partial charge in [-0.25, -0.2) is 4.39 Å². The van der Waals surface area contributed by atoms with Crippen LogP contribution >= 0.6 is 0 Å². The highest BCUT2D eigenvalue weighted by atomic mass is 19.1. The van der Waals surface area contributed by atoms with Crippen molar-refractivity contribution in [1.29, 1.82) is 0 Å². The molecule has 0 aliphatic carbocycles. The lowest BCUT2D eigenvalue weighted by molar-refractivity contribution is -0.123. The van der Waals surface area contributed by atoms with Crippen LogP contribution in [0, 0.1) is 12.7 Å². The number of phenols is 1.